The average Bonchev–Trinajstić information content (AvgIpc) is 3.38. The second-order valence-corrected chi connectivity index (χ2v) is 12.9. The number of hydrogen-bond donors (Lipinski definition) is 1. The molecule has 48 heavy (non-hydrogen) atoms. The van der Waals surface area contributed by atoms with Gasteiger partial charge in [-0.3, -0.25) is 14.2 Å². The number of fused-ring (bicyclic) bond motifs is 1. The number of ether oxygens (including phenoxy) is 3. The van der Waals surface area contributed by atoms with Crippen LogP contribution in [0.3, 0.4) is 0 Å². The van der Waals surface area contributed by atoms with Gasteiger partial charge in [0.1, 0.15) is 12.4 Å². The van der Waals surface area contributed by atoms with Gasteiger partial charge in [-0.25, -0.2) is 4.99 Å². The Bertz CT molecular complexity index is 2260. The van der Waals surface area contributed by atoms with Crippen LogP contribution in [0.1, 0.15) is 35.2 Å². The predicted octanol–water partition coefficient (Wildman–Crippen LogP) is 7.09. The number of aromatic nitrogens is 1. The average molecular weight is 701 g/mol. The van der Waals surface area contributed by atoms with E-state index in [1.807, 2.05) is 55.5 Å². The minimum Gasteiger partial charge on any atom is -0.493 e. The molecule has 0 spiro atoms. The first-order chi connectivity index (χ1) is 23.2. The van der Waals surface area contributed by atoms with Gasteiger partial charge in [-0.05, 0) is 85.1 Å². The molecule has 0 fully saturated rings. The number of aryl methyl sites for hydroxylation is 1. The fourth-order valence-corrected chi connectivity index (χ4v) is 6.98. The Morgan fingerprint density at radius 2 is 1.67 bits per heavy atom. The smallest absolute Gasteiger partial charge is 0.271 e. The number of methoxy groups -OCH3 is 2. The van der Waals surface area contributed by atoms with Crippen LogP contribution in [0.5, 0.6) is 17.2 Å². The van der Waals surface area contributed by atoms with Gasteiger partial charge in [0.15, 0.2) is 16.3 Å². The molecule has 11 heteroatoms. The molecule has 244 valence electrons. The highest BCUT2D eigenvalue weighted by molar-refractivity contribution is 7.07. The summed E-state index contributed by atoms with van der Waals surface area (Å²) in [5.74, 6) is 1.15. The molecule has 2 heterocycles. The van der Waals surface area contributed by atoms with E-state index in [1.165, 1.54) is 18.4 Å². The van der Waals surface area contributed by atoms with E-state index in [0.29, 0.717) is 64.7 Å². The van der Waals surface area contributed by atoms with Gasteiger partial charge in [-0.1, -0.05) is 70.9 Å². The Hall–Kier alpha value is -4.83. The zero-order valence-corrected chi connectivity index (χ0v) is 28.9. The summed E-state index contributed by atoms with van der Waals surface area (Å²) in [7, 11) is 3.09. The highest BCUT2D eigenvalue weighted by Gasteiger charge is 2.33. The fourth-order valence-electron chi connectivity index (χ4n) is 5.55. The summed E-state index contributed by atoms with van der Waals surface area (Å²) in [6.07, 6.45) is 1.74. The Labute approximate surface area is 291 Å². The molecule has 0 saturated carbocycles. The van der Waals surface area contributed by atoms with E-state index in [1.54, 1.807) is 61.1 Å². The van der Waals surface area contributed by atoms with Gasteiger partial charge in [0.2, 0.25) is 0 Å². The molecule has 0 saturated heterocycles. The number of para-hydroxylation sites is 1. The van der Waals surface area contributed by atoms with E-state index in [0.717, 1.165) is 11.1 Å². The number of halogens is 2. The summed E-state index contributed by atoms with van der Waals surface area (Å²) in [5, 5.41) is 4.13. The third kappa shape index (κ3) is 6.75. The first-order valence-electron chi connectivity index (χ1n) is 14.9. The molecule has 0 bridgehead atoms. The molecule has 4 aromatic carbocycles. The summed E-state index contributed by atoms with van der Waals surface area (Å²) < 4.78 is 19.2. The van der Waals surface area contributed by atoms with E-state index >= 15 is 0 Å². The molecule has 6 rings (SSSR count). The number of anilines is 1. The maximum absolute atomic E-state index is 14.4. The topological polar surface area (TPSA) is 91.2 Å². The normalized spacial score (nSPS) is 14.3. The fraction of sp³-hybridized carbons (Fsp3) is 0.162. The number of benzene rings is 4. The molecule has 1 aliphatic heterocycles. The van der Waals surface area contributed by atoms with E-state index < -0.39 is 6.04 Å². The van der Waals surface area contributed by atoms with Crippen molar-refractivity contribution >= 4 is 52.2 Å². The van der Waals surface area contributed by atoms with Crippen molar-refractivity contribution < 1.29 is 19.0 Å². The van der Waals surface area contributed by atoms with E-state index in [2.05, 4.69) is 5.32 Å². The second kappa shape index (κ2) is 14.1. The monoisotopic (exact) mass is 699 g/mol. The van der Waals surface area contributed by atoms with Crippen molar-refractivity contribution in [2.24, 2.45) is 4.99 Å². The summed E-state index contributed by atoms with van der Waals surface area (Å²) in [6.45, 7) is 3.96. The quantitative estimate of drug-likeness (QED) is 0.178. The number of thiazole rings is 1. The highest BCUT2D eigenvalue weighted by atomic mass is 35.5. The summed E-state index contributed by atoms with van der Waals surface area (Å²) in [6, 6.07) is 24.7. The third-order valence-corrected chi connectivity index (χ3v) is 9.38. The number of hydrogen-bond acceptors (Lipinski definition) is 7. The van der Waals surface area contributed by atoms with Gasteiger partial charge >= 0.3 is 0 Å². The Morgan fingerprint density at radius 1 is 0.917 bits per heavy atom. The number of carbonyl (C=O) groups is 1. The number of carbonyl (C=O) groups excluding carboxylic acids is 1. The number of nitrogens with zero attached hydrogens (tertiary/aromatic N) is 2. The largest absolute Gasteiger partial charge is 0.493 e. The SMILES string of the molecule is COc1ccc([C@@H]2C(C(=O)Nc3ccccc3C)=C(C)N=c3s/c(=C\c4cc(Cl)ccc4OCc4cccc(Cl)c4)c(=O)n32)cc1OC. The van der Waals surface area contributed by atoms with E-state index in [4.69, 9.17) is 42.4 Å². The lowest BCUT2D eigenvalue weighted by Crippen LogP contribution is -2.40. The van der Waals surface area contributed by atoms with Crippen molar-refractivity contribution in [3.05, 3.63) is 148 Å². The summed E-state index contributed by atoms with van der Waals surface area (Å²) in [4.78, 5) is 33.6. The molecule has 1 atom stereocenters. The Kier molecular flexibility index (Phi) is 9.73. The summed E-state index contributed by atoms with van der Waals surface area (Å²) in [5.41, 5.74) is 4.22. The van der Waals surface area contributed by atoms with Crippen molar-refractivity contribution in [1.82, 2.24) is 4.57 Å². The molecule has 1 aliphatic rings. The lowest BCUT2D eigenvalue weighted by Gasteiger charge is -2.26. The lowest BCUT2D eigenvalue weighted by atomic mass is 9.94. The highest BCUT2D eigenvalue weighted by Crippen LogP contribution is 2.36. The maximum Gasteiger partial charge on any atom is 0.271 e. The Balaban J connectivity index is 1.47. The number of nitrogens with one attached hydrogen (secondary N) is 1. The Morgan fingerprint density at radius 3 is 2.42 bits per heavy atom. The zero-order chi connectivity index (χ0) is 33.9. The van der Waals surface area contributed by atoms with Crippen LogP contribution in [0, 0.1) is 6.92 Å². The predicted molar refractivity (Wildman–Crippen MR) is 190 cm³/mol. The van der Waals surface area contributed by atoms with E-state index in [-0.39, 0.29) is 18.1 Å². The van der Waals surface area contributed by atoms with E-state index in [9.17, 15) is 9.59 Å². The van der Waals surface area contributed by atoms with Crippen molar-refractivity contribution in [2.45, 2.75) is 26.5 Å². The van der Waals surface area contributed by atoms with Crippen LogP contribution in [-0.2, 0) is 11.4 Å². The molecule has 0 radical (unpaired) electrons. The van der Waals surface area contributed by atoms with Crippen molar-refractivity contribution in [3.8, 4) is 17.2 Å². The zero-order valence-electron chi connectivity index (χ0n) is 26.5. The van der Waals surface area contributed by atoms with Crippen molar-refractivity contribution in [3.63, 3.8) is 0 Å². The van der Waals surface area contributed by atoms with Gasteiger partial charge in [-0.2, -0.15) is 0 Å². The molecule has 0 unspecified atom stereocenters. The van der Waals surface area contributed by atoms with Crippen LogP contribution in [0.4, 0.5) is 5.69 Å². The van der Waals surface area contributed by atoms with Crippen LogP contribution in [0.2, 0.25) is 10.0 Å². The molecule has 8 nitrogen and oxygen atoms in total. The molecule has 5 aromatic rings. The van der Waals surface area contributed by atoms with Crippen LogP contribution in [0.15, 0.2) is 106 Å². The van der Waals surface area contributed by atoms with Gasteiger partial charge in [0, 0.05) is 21.3 Å². The first kappa shape index (κ1) is 33.1. The van der Waals surface area contributed by atoms with Crippen molar-refractivity contribution in [2.75, 3.05) is 19.5 Å². The molecule has 1 aromatic heterocycles. The molecule has 0 aliphatic carbocycles. The van der Waals surface area contributed by atoms with Crippen LogP contribution in [-0.4, -0.2) is 24.7 Å². The minimum absolute atomic E-state index is 0.266. The number of rotatable bonds is 9. The van der Waals surface area contributed by atoms with Crippen LogP contribution < -0.4 is 34.4 Å². The maximum atomic E-state index is 14.4. The van der Waals surface area contributed by atoms with Gasteiger partial charge in [0.05, 0.1) is 36.1 Å². The van der Waals surface area contributed by atoms with Gasteiger partial charge < -0.3 is 19.5 Å². The lowest BCUT2D eigenvalue weighted by molar-refractivity contribution is -0.113. The first-order valence-corrected chi connectivity index (χ1v) is 16.5. The molecule has 1 amide bonds. The second-order valence-electron chi connectivity index (χ2n) is 11.1. The third-order valence-electron chi connectivity index (χ3n) is 7.92. The van der Waals surface area contributed by atoms with Crippen molar-refractivity contribution in [1.29, 1.82) is 0 Å². The molecular formula is C37H31Cl2N3O5S. The number of amides is 1. The molecular weight excluding hydrogens is 669 g/mol. The standard InChI is InChI=1S/C37H31Cl2N3O5S/c1-21-8-5-6-11-28(21)41-35(43)33-22(2)40-37-42(34(33)24-12-14-30(45-3)31(18-24)46-4)36(44)32(48-37)19-25-17-27(39)13-15-29(25)47-20-23-9-7-10-26(38)16-23/h5-19,34H,20H2,1-4H3,(H,41,43)/b32-19-/t34-/m1/s1. The van der Waals surface area contributed by atoms with Crippen LogP contribution in [0.25, 0.3) is 6.08 Å². The molecule has 1 N–H and O–H groups in total. The number of allylic oxidation sites excluding steroid dienone is 1. The van der Waals surface area contributed by atoms with Crippen LogP contribution >= 0.6 is 34.5 Å². The van der Waals surface area contributed by atoms with Gasteiger partial charge in [0.25, 0.3) is 11.5 Å². The minimum atomic E-state index is -0.815. The summed E-state index contributed by atoms with van der Waals surface area (Å²) >= 11 is 13.8. The van der Waals surface area contributed by atoms with Gasteiger partial charge in [-0.15, -0.1) is 0 Å².